The highest BCUT2D eigenvalue weighted by atomic mass is 16.6. The predicted octanol–water partition coefficient (Wildman–Crippen LogP) is 3.89. The van der Waals surface area contributed by atoms with E-state index in [-0.39, 0.29) is 24.7 Å². The fraction of sp³-hybridized carbons (Fsp3) is 0.357. The van der Waals surface area contributed by atoms with Crippen molar-refractivity contribution in [2.24, 2.45) is 0 Å². The van der Waals surface area contributed by atoms with Gasteiger partial charge in [-0.3, -0.25) is 19.8 Å². The number of aryl methyl sites for hydroxylation is 1. The predicted molar refractivity (Wildman–Crippen MR) is 145 cm³/mol. The second kappa shape index (κ2) is 13.5. The molecule has 1 fully saturated rings. The van der Waals surface area contributed by atoms with E-state index in [1.165, 1.54) is 29.2 Å². The normalized spacial score (nSPS) is 13.6. The van der Waals surface area contributed by atoms with E-state index in [9.17, 15) is 19.7 Å². The maximum absolute atomic E-state index is 13.7. The summed E-state index contributed by atoms with van der Waals surface area (Å²) in [7, 11) is 0. The first-order chi connectivity index (χ1) is 18.9. The van der Waals surface area contributed by atoms with Crippen LogP contribution in [0, 0.1) is 17.0 Å². The lowest BCUT2D eigenvalue weighted by Crippen LogP contribution is -2.48. The number of rotatable bonds is 11. The largest absolute Gasteiger partial charge is 0.464 e. The Kier molecular flexibility index (Phi) is 9.65. The van der Waals surface area contributed by atoms with Gasteiger partial charge in [0.1, 0.15) is 18.1 Å². The molecule has 11 heteroatoms. The van der Waals surface area contributed by atoms with Gasteiger partial charge in [0, 0.05) is 50.5 Å². The maximum atomic E-state index is 13.7. The molecule has 0 saturated carbocycles. The van der Waals surface area contributed by atoms with Crippen LogP contribution in [-0.4, -0.2) is 77.5 Å². The second-order valence-electron chi connectivity index (χ2n) is 9.36. The van der Waals surface area contributed by atoms with Crippen molar-refractivity contribution in [2.45, 2.75) is 20.0 Å². The summed E-state index contributed by atoms with van der Waals surface area (Å²) in [6.45, 7) is 6.00. The summed E-state index contributed by atoms with van der Waals surface area (Å²) in [5.41, 5.74) is 1.29. The number of anilines is 1. The number of benzene rings is 2. The number of nitro groups is 1. The lowest BCUT2D eigenvalue weighted by atomic mass is 10.2. The van der Waals surface area contributed by atoms with Crippen LogP contribution in [0.5, 0.6) is 0 Å². The number of urea groups is 1. The van der Waals surface area contributed by atoms with Gasteiger partial charge in [-0.15, -0.1) is 0 Å². The third kappa shape index (κ3) is 8.39. The molecule has 1 saturated heterocycles. The molecule has 1 N–H and O–H groups in total. The first-order valence-electron chi connectivity index (χ1n) is 12.8. The zero-order chi connectivity index (χ0) is 27.6. The summed E-state index contributed by atoms with van der Waals surface area (Å²) < 4.78 is 11.2. The number of morpholine rings is 1. The summed E-state index contributed by atoms with van der Waals surface area (Å²) in [6.07, 6.45) is 0. The summed E-state index contributed by atoms with van der Waals surface area (Å²) in [5, 5.41) is 13.7. The van der Waals surface area contributed by atoms with Crippen LogP contribution >= 0.6 is 0 Å². The molecule has 0 spiro atoms. The number of hydrogen-bond donors (Lipinski definition) is 1. The van der Waals surface area contributed by atoms with Crippen LogP contribution in [0.3, 0.4) is 0 Å². The highest BCUT2D eigenvalue weighted by Crippen LogP contribution is 2.17. The number of carbonyl (C=O) groups is 2. The Morgan fingerprint density at radius 2 is 1.69 bits per heavy atom. The van der Waals surface area contributed by atoms with Gasteiger partial charge in [-0.25, -0.2) is 4.79 Å². The number of hydrogen-bond acceptors (Lipinski definition) is 7. The molecule has 4 rings (SSSR count). The fourth-order valence-corrected chi connectivity index (χ4v) is 4.27. The van der Waals surface area contributed by atoms with E-state index >= 15 is 0 Å². The SMILES string of the molecule is Cc1ccc(CN(Cc2ccccc2)C(=O)CN(CCN2CCOCC2)C(=O)Nc2ccc([N+](=O)[O-])cc2)o1. The zero-order valence-corrected chi connectivity index (χ0v) is 22.0. The van der Waals surface area contributed by atoms with Crippen LogP contribution in [0.4, 0.5) is 16.2 Å². The van der Waals surface area contributed by atoms with E-state index in [1.54, 1.807) is 4.90 Å². The molecule has 0 radical (unpaired) electrons. The molecule has 206 valence electrons. The van der Waals surface area contributed by atoms with Crippen molar-refractivity contribution in [3.8, 4) is 0 Å². The molecule has 3 amide bonds. The lowest BCUT2D eigenvalue weighted by molar-refractivity contribution is -0.384. The van der Waals surface area contributed by atoms with E-state index in [4.69, 9.17) is 9.15 Å². The van der Waals surface area contributed by atoms with Crippen molar-refractivity contribution in [3.05, 3.63) is 93.9 Å². The molecule has 2 aromatic carbocycles. The molecule has 3 aromatic rings. The van der Waals surface area contributed by atoms with Crippen molar-refractivity contribution >= 4 is 23.3 Å². The van der Waals surface area contributed by atoms with E-state index in [1.807, 2.05) is 49.4 Å². The number of nitrogens with one attached hydrogen (secondary N) is 1. The molecule has 1 aromatic heterocycles. The van der Waals surface area contributed by atoms with Crippen molar-refractivity contribution in [1.29, 1.82) is 0 Å². The Morgan fingerprint density at radius 3 is 2.33 bits per heavy atom. The Labute approximate surface area is 227 Å². The first kappa shape index (κ1) is 27.8. The van der Waals surface area contributed by atoms with Crippen LogP contribution in [0.25, 0.3) is 0 Å². The van der Waals surface area contributed by atoms with Crippen molar-refractivity contribution in [3.63, 3.8) is 0 Å². The summed E-state index contributed by atoms with van der Waals surface area (Å²) >= 11 is 0. The molecule has 2 heterocycles. The van der Waals surface area contributed by atoms with Crippen molar-refractivity contribution in [2.75, 3.05) is 51.3 Å². The Morgan fingerprint density at radius 1 is 0.974 bits per heavy atom. The van der Waals surface area contributed by atoms with E-state index in [2.05, 4.69) is 10.2 Å². The topological polar surface area (TPSA) is 121 Å². The number of nitrogens with zero attached hydrogens (tertiary/aromatic N) is 4. The molecular formula is C28H33N5O6. The molecule has 0 aliphatic carbocycles. The van der Waals surface area contributed by atoms with Crippen LogP contribution < -0.4 is 5.32 Å². The Balaban J connectivity index is 1.49. The maximum Gasteiger partial charge on any atom is 0.322 e. The standard InChI is InChI=1S/C28H33N5O6/c1-22-7-12-26(39-22)20-32(19-23-5-3-2-4-6-23)27(34)21-31(14-13-30-15-17-38-18-16-30)28(35)29-24-8-10-25(11-9-24)33(36)37/h2-12H,13-21H2,1H3,(H,29,35). The van der Waals surface area contributed by atoms with Gasteiger partial charge in [-0.1, -0.05) is 30.3 Å². The molecule has 0 unspecified atom stereocenters. The van der Waals surface area contributed by atoms with Gasteiger partial charge in [-0.05, 0) is 36.8 Å². The van der Waals surface area contributed by atoms with E-state index in [0.29, 0.717) is 44.3 Å². The molecular weight excluding hydrogens is 502 g/mol. The molecule has 1 aliphatic rings. The number of furan rings is 1. The van der Waals surface area contributed by atoms with Crippen LogP contribution in [0.1, 0.15) is 17.1 Å². The molecule has 0 bridgehead atoms. The fourth-order valence-electron chi connectivity index (χ4n) is 4.27. The minimum Gasteiger partial charge on any atom is -0.464 e. The molecule has 0 atom stereocenters. The minimum absolute atomic E-state index is 0.0722. The smallest absolute Gasteiger partial charge is 0.322 e. The van der Waals surface area contributed by atoms with Gasteiger partial charge in [0.05, 0.1) is 24.7 Å². The van der Waals surface area contributed by atoms with Gasteiger partial charge in [-0.2, -0.15) is 0 Å². The van der Waals surface area contributed by atoms with Crippen molar-refractivity contribution in [1.82, 2.24) is 14.7 Å². The number of amides is 3. The zero-order valence-electron chi connectivity index (χ0n) is 22.0. The molecule has 11 nitrogen and oxygen atoms in total. The van der Waals surface area contributed by atoms with Crippen LogP contribution in [-0.2, 0) is 22.6 Å². The lowest BCUT2D eigenvalue weighted by Gasteiger charge is -2.31. The van der Waals surface area contributed by atoms with Gasteiger partial charge < -0.3 is 24.3 Å². The number of carbonyl (C=O) groups excluding carboxylic acids is 2. The number of ether oxygens (including phenoxy) is 1. The molecule has 1 aliphatic heterocycles. The second-order valence-corrected chi connectivity index (χ2v) is 9.36. The number of nitro benzene ring substituents is 1. The van der Waals surface area contributed by atoms with Gasteiger partial charge >= 0.3 is 6.03 Å². The van der Waals surface area contributed by atoms with Crippen molar-refractivity contribution < 1.29 is 23.7 Å². The van der Waals surface area contributed by atoms with Crippen LogP contribution in [0.2, 0.25) is 0 Å². The van der Waals surface area contributed by atoms with E-state index in [0.717, 1.165) is 24.4 Å². The highest BCUT2D eigenvalue weighted by molar-refractivity contribution is 5.92. The summed E-state index contributed by atoms with van der Waals surface area (Å²) in [4.78, 5) is 42.8. The first-order valence-corrected chi connectivity index (χ1v) is 12.8. The van der Waals surface area contributed by atoms with E-state index < -0.39 is 11.0 Å². The quantitative estimate of drug-likeness (QED) is 0.292. The van der Waals surface area contributed by atoms with Gasteiger partial charge in [0.15, 0.2) is 0 Å². The third-order valence-corrected chi connectivity index (χ3v) is 6.44. The monoisotopic (exact) mass is 535 g/mol. The van der Waals surface area contributed by atoms with Gasteiger partial charge in [0.25, 0.3) is 5.69 Å². The summed E-state index contributed by atoms with van der Waals surface area (Å²) in [6, 6.07) is 18.5. The minimum atomic E-state index is -0.499. The third-order valence-electron chi connectivity index (χ3n) is 6.44. The molecule has 39 heavy (non-hydrogen) atoms. The highest BCUT2D eigenvalue weighted by Gasteiger charge is 2.24. The summed E-state index contributed by atoms with van der Waals surface area (Å²) in [5.74, 6) is 1.19. The Hall–Kier alpha value is -4.22. The number of non-ortho nitro benzene ring substituents is 1. The van der Waals surface area contributed by atoms with Crippen LogP contribution in [0.15, 0.2) is 71.1 Å². The average Bonchev–Trinajstić information content (AvgIpc) is 3.36. The van der Waals surface area contributed by atoms with Gasteiger partial charge in [0.2, 0.25) is 5.91 Å². The Bertz CT molecular complexity index is 1240. The average molecular weight is 536 g/mol.